The van der Waals surface area contributed by atoms with Crippen molar-refractivity contribution < 1.29 is 8.78 Å². The summed E-state index contributed by atoms with van der Waals surface area (Å²) in [6.07, 6.45) is 0. The van der Waals surface area contributed by atoms with E-state index in [1.807, 2.05) is 4.90 Å². The molecule has 0 unspecified atom stereocenters. The fraction of sp³-hybridized carbons (Fsp3) is 0.357. The van der Waals surface area contributed by atoms with Crippen LogP contribution in [0.2, 0.25) is 5.02 Å². The van der Waals surface area contributed by atoms with Crippen molar-refractivity contribution in [3.63, 3.8) is 0 Å². The fourth-order valence-electron chi connectivity index (χ4n) is 2.58. The van der Waals surface area contributed by atoms with Crippen LogP contribution < -0.4 is 10.2 Å². The van der Waals surface area contributed by atoms with Gasteiger partial charge in [0, 0.05) is 38.3 Å². The van der Waals surface area contributed by atoms with Gasteiger partial charge >= 0.3 is 0 Å². The molecule has 1 N–H and O–H groups in total. The molecule has 1 aromatic heterocycles. The lowest BCUT2D eigenvalue weighted by Crippen LogP contribution is -2.43. The van der Waals surface area contributed by atoms with E-state index in [4.69, 9.17) is 11.6 Å². The molecule has 0 spiro atoms. The van der Waals surface area contributed by atoms with E-state index in [0.29, 0.717) is 27.3 Å². The number of benzene rings is 1. The number of nitrogens with zero attached hydrogens (tertiary/aromatic N) is 2. The Kier molecular flexibility index (Phi) is 3.48. The van der Waals surface area contributed by atoms with Gasteiger partial charge in [-0.2, -0.15) is 0 Å². The molecule has 0 radical (unpaired) electrons. The number of hydrogen-bond donors (Lipinski definition) is 1. The predicted molar refractivity (Wildman–Crippen MR) is 76.5 cm³/mol. The molecule has 3 rings (SSSR count). The first-order valence-corrected chi connectivity index (χ1v) is 6.86. The Labute approximate surface area is 120 Å². The molecule has 1 aliphatic heterocycles. The van der Waals surface area contributed by atoms with Crippen LogP contribution in [0, 0.1) is 18.6 Å². The summed E-state index contributed by atoms with van der Waals surface area (Å²) in [5.74, 6) is -1.25. The highest BCUT2D eigenvalue weighted by molar-refractivity contribution is 6.35. The van der Waals surface area contributed by atoms with Crippen LogP contribution in [0.5, 0.6) is 0 Å². The van der Waals surface area contributed by atoms with Crippen molar-refractivity contribution in [1.82, 2.24) is 10.3 Å². The van der Waals surface area contributed by atoms with E-state index in [2.05, 4.69) is 10.3 Å². The topological polar surface area (TPSA) is 28.2 Å². The van der Waals surface area contributed by atoms with E-state index in [1.54, 1.807) is 6.92 Å². The highest BCUT2D eigenvalue weighted by Crippen LogP contribution is 2.37. The molecule has 20 heavy (non-hydrogen) atoms. The minimum absolute atomic E-state index is 0.295. The number of aryl methyl sites for hydroxylation is 1. The van der Waals surface area contributed by atoms with Crippen molar-refractivity contribution in [2.45, 2.75) is 6.92 Å². The number of aromatic nitrogens is 1. The molecule has 0 bridgehead atoms. The summed E-state index contributed by atoms with van der Waals surface area (Å²) in [5, 5.41) is 3.97. The lowest BCUT2D eigenvalue weighted by Gasteiger charge is -2.31. The fourth-order valence-corrected chi connectivity index (χ4v) is 2.84. The molecule has 1 aliphatic rings. The van der Waals surface area contributed by atoms with Gasteiger partial charge in [0.15, 0.2) is 0 Å². The third-order valence-corrected chi connectivity index (χ3v) is 3.97. The number of nitrogens with one attached hydrogen (secondary N) is 1. The number of piperazine rings is 1. The number of pyridine rings is 1. The molecule has 1 aromatic carbocycles. The zero-order valence-electron chi connectivity index (χ0n) is 11.0. The SMILES string of the molecule is Cc1nc2cc(F)cc(F)c2c(N2CCNCC2)c1Cl. The van der Waals surface area contributed by atoms with Gasteiger partial charge in [-0.1, -0.05) is 11.6 Å². The van der Waals surface area contributed by atoms with Crippen LogP contribution in [0.4, 0.5) is 14.5 Å². The molecule has 6 heteroatoms. The molecule has 0 atom stereocenters. The highest BCUT2D eigenvalue weighted by atomic mass is 35.5. The van der Waals surface area contributed by atoms with Crippen molar-refractivity contribution in [2.75, 3.05) is 31.1 Å². The number of anilines is 1. The van der Waals surface area contributed by atoms with Gasteiger partial charge < -0.3 is 10.2 Å². The van der Waals surface area contributed by atoms with Crippen molar-refractivity contribution in [3.8, 4) is 0 Å². The van der Waals surface area contributed by atoms with E-state index in [1.165, 1.54) is 6.07 Å². The molecular formula is C14H14ClF2N3. The quantitative estimate of drug-likeness (QED) is 0.877. The van der Waals surface area contributed by atoms with E-state index in [9.17, 15) is 8.78 Å². The molecule has 0 saturated carbocycles. The molecular weight excluding hydrogens is 284 g/mol. The van der Waals surface area contributed by atoms with Crippen LogP contribution in [0.3, 0.4) is 0 Å². The number of rotatable bonds is 1. The Morgan fingerprint density at radius 2 is 1.95 bits per heavy atom. The van der Waals surface area contributed by atoms with Crippen LogP contribution in [0.25, 0.3) is 10.9 Å². The molecule has 2 aromatic rings. The van der Waals surface area contributed by atoms with Crippen LogP contribution in [0.15, 0.2) is 12.1 Å². The van der Waals surface area contributed by atoms with E-state index >= 15 is 0 Å². The molecule has 1 saturated heterocycles. The molecule has 106 valence electrons. The Balaban J connectivity index is 2.29. The highest BCUT2D eigenvalue weighted by Gasteiger charge is 2.22. The van der Waals surface area contributed by atoms with Crippen LogP contribution in [-0.4, -0.2) is 31.2 Å². The van der Waals surface area contributed by atoms with E-state index < -0.39 is 11.6 Å². The van der Waals surface area contributed by atoms with Gasteiger partial charge in [0.2, 0.25) is 0 Å². The van der Waals surface area contributed by atoms with Gasteiger partial charge in [0.25, 0.3) is 0 Å². The van der Waals surface area contributed by atoms with Gasteiger partial charge in [-0.05, 0) is 6.92 Å². The Morgan fingerprint density at radius 3 is 2.65 bits per heavy atom. The first kappa shape index (κ1) is 13.5. The summed E-state index contributed by atoms with van der Waals surface area (Å²) >= 11 is 6.33. The van der Waals surface area contributed by atoms with Gasteiger partial charge in [0.05, 0.1) is 27.3 Å². The number of fused-ring (bicyclic) bond motifs is 1. The monoisotopic (exact) mass is 297 g/mol. The van der Waals surface area contributed by atoms with Gasteiger partial charge in [-0.3, -0.25) is 4.98 Å². The largest absolute Gasteiger partial charge is 0.367 e. The first-order chi connectivity index (χ1) is 9.58. The van der Waals surface area contributed by atoms with Crippen LogP contribution >= 0.6 is 11.6 Å². The summed E-state index contributed by atoms with van der Waals surface area (Å²) in [4.78, 5) is 6.22. The molecule has 0 amide bonds. The lowest BCUT2D eigenvalue weighted by molar-refractivity contribution is 0.582. The number of halogens is 3. The predicted octanol–water partition coefficient (Wildman–Crippen LogP) is 2.88. The summed E-state index contributed by atoms with van der Waals surface area (Å²) in [6, 6.07) is 2.12. The maximum atomic E-state index is 14.2. The summed E-state index contributed by atoms with van der Waals surface area (Å²) in [5.41, 5.74) is 1.50. The molecule has 0 aliphatic carbocycles. The van der Waals surface area contributed by atoms with Crippen molar-refractivity contribution in [1.29, 1.82) is 0 Å². The normalized spacial score (nSPS) is 15.9. The summed E-state index contributed by atoms with van der Waals surface area (Å²) in [6.45, 7) is 4.82. The third kappa shape index (κ3) is 2.21. The summed E-state index contributed by atoms with van der Waals surface area (Å²) < 4.78 is 27.6. The van der Waals surface area contributed by atoms with Crippen LogP contribution in [-0.2, 0) is 0 Å². The Hall–Kier alpha value is -1.46. The minimum atomic E-state index is -0.629. The lowest BCUT2D eigenvalue weighted by atomic mass is 10.1. The van der Waals surface area contributed by atoms with Gasteiger partial charge in [-0.15, -0.1) is 0 Å². The first-order valence-electron chi connectivity index (χ1n) is 6.48. The van der Waals surface area contributed by atoms with E-state index in [-0.39, 0.29) is 0 Å². The van der Waals surface area contributed by atoms with Gasteiger partial charge in [-0.25, -0.2) is 8.78 Å². The van der Waals surface area contributed by atoms with Crippen molar-refractivity contribution >= 4 is 28.2 Å². The Bertz CT molecular complexity index is 669. The smallest absolute Gasteiger partial charge is 0.137 e. The average molecular weight is 298 g/mol. The second-order valence-corrected chi connectivity index (χ2v) is 5.26. The Morgan fingerprint density at radius 1 is 1.25 bits per heavy atom. The third-order valence-electron chi connectivity index (χ3n) is 3.52. The average Bonchev–Trinajstić information content (AvgIpc) is 2.42. The molecule has 2 heterocycles. The van der Waals surface area contributed by atoms with Crippen molar-refractivity contribution in [3.05, 3.63) is 34.5 Å². The standard InChI is InChI=1S/C14H14ClF2N3/c1-8-13(15)14(20-4-2-18-3-5-20)12-10(17)6-9(16)7-11(12)19-8/h6-7,18H,2-5H2,1H3. The molecule has 1 fully saturated rings. The second kappa shape index (κ2) is 5.14. The van der Waals surface area contributed by atoms with Crippen LogP contribution in [0.1, 0.15) is 5.69 Å². The van der Waals surface area contributed by atoms with Crippen molar-refractivity contribution in [2.24, 2.45) is 0 Å². The number of hydrogen-bond acceptors (Lipinski definition) is 3. The van der Waals surface area contributed by atoms with Gasteiger partial charge in [0.1, 0.15) is 11.6 Å². The zero-order chi connectivity index (χ0) is 14.3. The van der Waals surface area contributed by atoms with E-state index in [0.717, 1.165) is 32.2 Å². The maximum Gasteiger partial charge on any atom is 0.137 e. The second-order valence-electron chi connectivity index (χ2n) is 4.88. The minimum Gasteiger partial charge on any atom is -0.367 e. The summed E-state index contributed by atoms with van der Waals surface area (Å²) in [7, 11) is 0. The zero-order valence-corrected chi connectivity index (χ0v) is 11.8. The maximum absolute atomic E-state index is 14.2. The molecule has 3 nitrogen and oxygen atoms in total.